The SMILES string of the molecule is CCC(CC)C(=O)N1CCC2(CCC2n2cc(C(=O)N(CC)CC)nn2)CC1. The fourth-order valence-electron chi connectivity index (χ4n) is 4.95. The van der Waals surface area contributed by atoms with Crippen molar-refractivity contribution in [2.45, 2.75) is 72.3 Å². The highest BCUT2D eigenvalue weighted by molar-refractivity contribution is 5.91. The highest BCUT2D eigenvalue weighted by Gasteiger charge is 2.50. The molecule has 0 aromatic carbocycles. The Hall–Kier alpha value is -1.92. The van der Waals surface area contributed by atoms with E-state index in [2.05, 4.69) is 29.1 Å². The average Bonchev–Trinajstić information content (AvgIpc) is 3.18. The van der Waals surface area contributed by atoms with Crippen molar-refractivity contribution in [2.24, 2.45) is 11.3 Å². The van der Waals surface area contributed by atoms with Gasteiger partial charge in [0.25, 0.3) is 5.91 Å². The molecule has 0 bridgehead atoms. The summed E-state index contributed by atoms with van der Waals surface area (Å²) in [5.74, 6) is 0.439. The minimum absolute atomic E-state index is 0.0461. The van der Waals surface area contributed by atoms with Crippen molar-refractivity contribution >= 4 is 11.8 Å². The molecule has 28 heavy (non-hydrogen) atoms. The first kappa shape index (κ1) is 20.8. The molecule has 1 aliphatic carbocycles. The lowest BCUT2D eigenvalue weighted by atomic mass is 9.59. The highest BCUT2D eigenvalue weighted by atomic mass is 16.2. The van der Waals surface area contributed by atoms with Gasteiger partial charge in [-0.05, 0) is 57.8 Å². The molecule has 1 aromatic heterocycles. The van der Waals surface area contributed by atoms with Crippen LogP contribution in [0.5, 0.6) is 0 Å². The van der Waals surface area contributed by atoms with Gasteiger partial charge in [0.2, 0.25) is 5.91 Å². The van der Waals surface area contributed by atoms with E-state index >= 15 is 0 Å². The molecule has 1 spiro atoms. The second kappa shape index (κ2) is 8.62. The summed E-state index contributed by atoms with van der Waals surface area (Å²) >= 11 is 0. The van der Waals surface area contributed by atoms with Crippen molar-refractivity contribution in [2.75, 3.05) is 26.2 Å². The van der Waals surface area contributed by atoms with Gasteiger partial charge in [0.1, 0.15) is 0 Å². The van der Waals surface area contributed by atoms with Crippen LogP contribution >= 0.6 is 0 Å². The molecule has 2 heterocycles. The van der Waals surface area contributed by atoms with Crippen molar-refractivity contribution < 1.29 is 9.59 Å². The van der Waals surface area contributed by atoms with Crippen molar-refractivity contribution in [3.8, 4) is 0 Å². The number of rotatable bonds is 7. The van der Waals surface area contributed by atoms with E-state index in [0.29, 0.717) is 30.7 Å². The molecule has 1 saturated carbocycles. The van der Waals surface area contributed by atoms with Crippen molar-refractivity contribution in [1.29, 1.82) is 0 Å². The van der Waals surface area contributed by atoms with Gasteiger partial charge in [0, 0.05) is 32.1 Å². The van der Waals surface area contributed by atoms with Crippen LogP contribution in [0.3, 0.4) is 0 Å². The molecule has 1 aromatic rings. The lowest BCUT2D eigenvalue weighted by molar-refractivity contribution is -0.140. The van der Waals surface area contributed by atoms with Crippen LogP contribution in [0.1, 0.15) is 82.8 Å². The van der Waals surface area contributed by atoms with Gasteiger partial charge in [-0.25, -0.2) is 4.68 Å². The second-order valence-corrected chi connectivity index (χ2v) is 8.32. The molecular formula is C21H35N5O2. The molecule has 156 valence electrons. The molecule has 2 amide bonds. The molecule has 2 fully saturated rings. The van der Waals surface area contributed by atoms with Gasteiger partial charge in [-0.1, -0.05) is 19.1 Å². The van der Waals surface area contributed by atoms with E-state index in [0.717, 1.165) is 45.2 Å². The third-order valence-corrected chi connectivity index (χ3v) is 7.13. The fourth-order valence-corrected chi connectivity index (χ4v) is 4.95. The summed E-state index contributed by atoms with van der Waals surface area (Å²) in [6, 6.07) is 0.295. The maximum absolute atomic E-state index is 12.7. The first-order valence-corrected chi connectivity index (χ1v) is 11.0. The monoisotopic (exact) mass is 389 g/mol. The maximum Gasteiger partial charge on any atom is 0.276 e. The van der Waals surface area contributed by atoms with Crippen LogP contribution in [0.15, 0.2) is 6.20 Å². The van der Waals surface area contributed by atoms with E-state index in [1.807, 2.05) is 24.7 Å². The first-order chi connectivity index (χ1) is 13.5. The number of carbonyl (C=O) groups is 2. The quantitative estimate of drug-likeness (QED) is 0.718. The van der Waals surface area contributed by atoms with E-state index in [1.54, 1.807) is 4.90 Å². The lowest BCUT2D eigenvalue weighted by Crippen LogP contribution is -2.52. The van der Waals surface area contributed by atoms with Crippen molar-refractivity contribution in [3.63, 3.8) is 0 Å². The number of nitrogens with zero attached hydrogens (tertiary/aromatic N) is 5. The zero-order valence-corrected chi connectivity index (χ0v) is 17.9. The molecule has 7 heteroatoms. The summed E-state index contributed by atoms with van der Waals surface area (Å²) in [6.45, 7) is 11.2. The van der Waals surface area contributed by atoms with Crippen molar-refractivity contribution in [1.82, 2.24) is 24.8 Å². The molecule has 0 N–H and O–H groups in total. The number of amides is 2. The number of likely N-dealkylation sites (tertiary alicyclic amines) is 1. The normalized spacial score (nSPS) is 21.0. The summed E-state index contributed by atoms with van der Waals surface area (Å²) in [5, 5.41) is 8.47. The van der Waals surface area contributed by atoms with Crippen LogP contribution in [0.2, 0.25) is 0 Å². The van der Waals surface area contributed by atoms with E-state index < -0.39 is 0 Å². The molecule has 1 aliphatic heterocycles. The van der Waals surface area contributed by atoms with Gasteiger partial charge in [0.05, 0.1) is 12.2 Å². The largest absolute Gasteiger partial charge is 0.342 e. The summed E-state index contributed by atoms with van der Waals surface area (Å²) in [6.07, 6.45) is 7.94. The Morgan fingerprint density at radius 1 is 1.14 bits per heavy atom. The Labute approximate surface area is 168 Å². The number of hydrogen-bond donors (Lipinski definition) is 0. The van der Waals surface area contributed by atoms with Crippen LogP contribution in [0.25, 0.3) is 0 Å². The Morgan fingerprint density at radius 3 is 2.29 bits per heavy atom. The van der Waals surface area contributed by atoms with Gasteiger partial charge in [-0.2, -0.15) is 0 Å². The number of aromatic nitrogens is 3. The topological polar surface area (TPSA) is 71.3 Å². The van der Waals surface area contributed by atoms with Gasteiger partial charge in [-0.3, -0.25) is 9.59 Å². The molecule has 1 atom stereocenters. The van der Waals surface area contributed by atoms with E-state index in [1.165, 1.54) is 6.42 Å². The Kier molecular flexibility index (Phi) is 6.40. The predicted octanol–water partition coefficient (Wildman–Crippen LogP) is 3.14. The van der Waals surface area contributed by atoms with Crippen molar-refractivity contribution in [3.05, 3.63) is 11.9 Å². The predicted molar refractivity (Wildman–Crippen MR) is 108 cm³/mol. The smallest absolute Gasteiger partial charge is 0.276 e. The lowest BCUT2D eigenvalue weighted by Gasteiger charge is -2.53. The minimum Gasteiger partial charge on any atom is -0.342 e. The van der Waals surface area contributed by atoms with E-state index in [4.69, 9.17) is 0 Å². The molecule has 1 saturated heterocycles. The first-order valence-electron chi connectivity index (χ1n) is 11.0. The van der Waals surface area contributed by atoms with Crippen LogP contribution in [0.4, 0.5) is 0 Å². The van der Waals surface area contributed by atoms with Gasteiger partial charge >= 0.3 is 0 Å². The Balaban J connectivity index is 1.64. The third-order valence-electron chi connectivity index (χ3n) is 7.13. The molecular weight excluding hydrogens is 354 g/mol. The molecule has 0 radical (unpaired) electrons. The Bertz CT molecular complexity index is 685. The maximum atomic E-state index is 12.7. The standard InChI is InChI=1S/C21H35N5O2/c1-5-16(6-2)19(27)25-13-11-21(12-14-25)10-9-18(21)26-15-17(22-23-26)20(28)24(7-3)8-4/h15-16,18H,5-14H2,1-4H3. The second-order valence-electron chi connectivity index (χ2n) is 8.32. The minimum atomic E-state index is -0.0461. The molecule has 2 aliphatic rings. The van der Waals surface area contributed by atoms with E-state index in [-0.39, 0.29) is 17.2 Å². The summed E-state index contributed by atoms with van der Waals surface area (Å²) < 4.78 is 1.92. The molecule has 3 rings (SSSR count). The molecule has 7 nitrogen and oxygen atoms in total. The van der Waals surface area contributed by atoms with Crippen LogP contribution < -0.4 is 0 Å². The van der Waals surface area contributed by atoms with Crippen LogP contribution in [-0.2, 0) is 4.79 Å². The van der Waals surface area contributed by atoms with E-state index in [9.17, 15) is 9.59 Å². The highest BCUT2D eigenvalue weighted by Crippen LogP contribution is 2.56. The number of carbonyl (C=O) groups excluding carboxylic acids is 2. The fraction of sp³-hybridized carbons (Fsp3) is 0.810. The van der Waals surface area contributed by atoms with Crippen LogP contribution in [-0.4, -0.2) is 62.8 Å². The zero-order chi connectivity index (χ0) is 20.3. The molecule has 1 unspecified atom stereocenters. The van der Waals surface area contributed by atoms with Gasteiger partial charge < -0.3 is 9.80 Å². The summed E-state index contributed by atoms with van der Waals surface area (Å²) in [4.78, 5) is 29.0. The zero-order valence-electron chi connectivity index (χ0n) is 17.9. The summed E-state index contributed by atoms with van der Waals surface area (Å²) in [7, 11) is 0. The van der Waals surface area contributed by atoms with Crippen LogP contribution in [0, 0.1) is 11.3 Å². The Morgan fingerprint density at radius 2 is 1.79 bits per heavy atom. The number of hydrogen-bond acceptors (Lipinski definition) is 4. The summed E-state index contributed by atoms with van der Waals surface area (Å²) in [5.41, 5.74) is 0.639. The number of piperidine rings is 1. The third kappa shape index (κ3) is 3.67. The van der Waals surface area contributed by atoms with Gasteiger partial charge in [0.15, 0.2) is 5.69 Å². The van der Waals surface area contributed by atoms with Gasteiger partial charge in [-0.15, -0.1) is 5.10 Å². The average molecular weight is 390 g/mol.